The Morgan fingerprint density at radius 3 is 3.25 bits per heavy atom. The SMILES string of the molecule is NCc1nnc(SCC(=O)N2CCc3sccc3C2)o1. The molecule has 0 fully saturated rings. The lowest BCUT2D eigenvalue weighted by molar-refractivity contribution is -0.129. The highest BCUT2D eigenvalue weighted by molar-refractivity contribution is 7.99. The zero-order valence-corrected chi connectivity index (χ0v) is 12.4. The Labute approximate surface area is 124 Å². The minimum absolute atomic E-state index is 0.0966. The summed E-state index contributed by atoms with van der Waals surface area (Å²) >= 11 is 3.02. The number of hydrogen-bond acceptors (Lipinski definition) is 7. The molecule has 0 aromatic carbocycles. The summed E-state index contributed by atoms with van der Waals surface area (Å²) in [5.41, 5.74) is 6.66. The minimum atomic E-state index is 0.0966. The molecule has 0 saturated heterocycles. The van der Waals surface area contributed by atoms with Crippen LogP contribution in [0.1, 0.15) is 16.3 Å². The first-order valence-corrected chi connectivity index (χ1v) is 8.11. The summed E-state index contributed by atoms with van der Waals surface area (Å²) in [6.45, 7) is 1.70. The zero-order valence-electron chi connectivity index (χ0n) is 10.7. The normalized spacial score (nSPS) is 14.3. The van der Waals surface area contributed by atoms with Gasteiger partial charge in [-0.2, -0.15) is 0 Å². The van der Waals surface area contributed by atoms with Crippen LogP contribution in [0.3, 0.4) is 0 Å². The lowest BCUT2D eigenvalue weighted by Crippen LogP contribution is -2.36. The Morgan fingerprint density at radius 2 is 2.45 bits per heavy atom. The Hall–Kier alpha value is -1.38. The van der Waals surface area contributed by atoms with E-state index in [0.29, 0.717) is 23.4 Å². The Bertz CT molecular complexity index is 610. The summed E-state index contributed by atoms with van der Waals surface area (Å²) in [5, 5.41) is 10.1. The molecule has 6 nitrogen and oxygen atoms in total. The van der Waals surface area contributed by atoms with Crippen LogP contribution >= 0.6 is 23.1 Å². The summed E-state index contributed by atoms with van der Waals surface area (Å²) in [5.74, 6) is 0.797. The summed E-state index contributed by atoms with van der Waals surface area (Å²) in [6.07, 6.45) is 0.946. The van der Waals surface area contributed by atoms with Crippen molar-refractivity contribution in [1.82, 2.24) is 15.1 Å². The molecule has 2 N–H and O–H groups in total. The number of nitrogens with zero attached hydrogens (tertiary/aromatic N) is 3. The topological polar surface area (TPSA) is 85.2 Å². The number of fused-ring (bicyclic) bond motifs is 1. The lowest BCUT2D eigenvalue weighted by atomic mass is 10.1. The molecule has 0 aliphatic carbocycles. The minimum Gasteiger partial charge on any atom is -0.415 e. The van der Waals surface area contributed by atoms with Crippen LogP contribution in [0.25, 0.3) is 0 Å². The van der Waals surface area contributed by atoms with Gasteiger partial charge in [0.05, 0.1) is 12.3 Å². The van der Waals surface area contributed by atoms with E-state index in [9.17, 15) is 4.79 Å². The van der Waals surface area contributed by atoms with Crippen LogP contribution in [0, 0.1) is 0 Å². The fourth-order valence-corrected chi connectivity index (χ4v) is 3.63. The van der Waals surface area contributed by atoms with E-state index in [2.05, 4.69) is 21.6 Å². The number of rotatable bonds is 4. The highest BCUT2D eigenvalue weighted by Crippen LogP contribution is 2.25. The van der Waals surface area contributed by atoms with Gasteiger partial charge in [0.15, 0.2) is 0 Å². The predicted molar refractivity (Wildman–Crippen MR) is 76.4 cm³/mol. The number of aromatic nitrogens is 2. The third kappa shape index (κ3) is 2.87. The molecule has 0 unspecified atom stereocenters. The first-order valence-electron chi connectivity index (χ1n) is 6.24. The van der Waals surface area contributed by atoms with E-state index in [4.69, 9.17) is 10.2 Å². The summed E-state index contributed by atoms with van der Waals surface area (Å²) < 4.78 is 5.26. The van der Waals surface area contributed by atoms with E-state index in [1.165, 1.54) is 22.2 Å². The maximum Gasteiger partial charge on any atom is 0.277 e. The fraction of sp³-hybridized carbons (Fsp3) is 0.417. The average Bonchev–Trinajstić information content (AvgIpc) is 3.12. The third-order valence-electron chi connectivity index (χ3n) is 3.10. The van der Waals surface area contributed by atoms with Crippen LogP contribution in [-0.2, 0) is 24.3 Å². The second-order valence-corrected chi connectivity index (χ2v) is 6.32. The van der Waals surface area contributed by atoms with E-state index in [1.54, 1.807) is 11.3 Å². The molecular weight excluding hydrogens is 296 g/mol. The monoisotopic (exact) mass is 310 g/mol. The van der Waals surface area contributed by atoms with Crippen LogP contribution < -0.4 is 5.73 Å². The number of amides is 1. The van der Waals surface area contributed by atoms with Gasteiger partial charge in [-0.1, -0.05) is 11.8 Å². The number of thiophene rings is 1. The van der Waals surface area contributed by atoms with Crippen molar-refractivity contribution >= 4 is 29.0 Å². The van der Waals surface area contributed by atoms with Crippen molar-refractivity contribution in [3.8, 4) is 0 Å². The van der Waals surface area contributed by atoms with Crippen molar-refractivity contribution in [2.24, 2.45) is 5.73 Å². The van der Waals surface area contributed by atoms with Gasteiger partial charge in [-0.05, 0) is 23.4 Å². The van der Waals surface area contributed by atoms with E-state index in [1.807, 2.05) is 4.90 Å². The highest BCUT2D eigenvalue weighted by atomic mass is 32.2. The summed E-state index contributed by atoms with van der Waals surface area (Å²) in [4.78, 5) is 15.4. The van der Waals surface area contributed by atoms with Crippen LogP contribution in [0.4, 0.5) is 0 Å². The van der Waals surface area contributed by atoms with Crippen molar-refractivity contribution in [2.45, 2.75) is 24.7 Å². The smallest absolute Gasteiger partial charge is 0.277 e. The molecule has 20 heavy (non-hydrogen) atoms. The van der Waals surface area contributed by atoms with Crippen molar-refractivity contribution < 1.29 is 9.21 Å². The zero-order chi connectivity index (χ0) is 13.9. The van der Waals surface area contributed by atoms with E-state index in [-0.39, 0.29) is 12.5 Å². The molecule has 2 aromatic rings. The largest absolute Gasteiger partial charge is 0.415 e. The predicted octanol–water partition coefficient (Wildman–Crippen LogP) is 1.27. The van der Waals surface area contributed by atoms with Crippen LogP contribution in [0.15, 0.2) is 21.1 Å². The first-order chi connectivity index (χ1) is 9.76. The van der Waals surface area contributed by atoms with Gasteiger partial charge in [0.25, 0.3) is 5.22 Å². The summed E-state index contributed by atoms with van der Waals surface area (Å²) in [6, 6.07) is 2.10. The van der Waals surface area contributed by atoms with E-state index < -0.39 is 0 Å². The first kappa shape index (κ1) is 13.6. The van der Waals surface area contributed by atoms with E-state index in [0.717, 1.165) is 13.0 Å². The van der Waals surface area contributed by atoms with Crippen molar-refractivity contribution in [2.75, 3.05) is 12.3 Å². The molecule has 0 radical (unpaired) electrons. The van der Waals surface area contributed by atoms with Crippen LogP contribution in [0.5, 0.6) is 0 Å². The number of hydrogen-bond donors (Lipinski definition) is 1. The molecule has 1 amide bonds. The van der Waals surface area contributed by atoms with Gasteiger partial charge in [0, 0.05) is 18.0 Å². The van der Waals surface area contributed by atoms with Gasteiger partial charge >= 0.3 is 0 Å². The molecule has 3 heterocycles. The fourth-order valence-electron chi connectivity index (χ4n) is 2.06. The van der Waals surface area contributed by atoms with Crippen LogP contribution in [0.2, 0.25) is 0 Å². The van der Waals surface area contributed by atoms with Crippen LogP contribution in [-0.4, -0.2) is 33.3 Å². The molecule has 3 rings (SSSR count). The maximum absolute atomic E-state index is 12.2. The van der Waals surface area contributed by atoms with Crippen molar-refractivity contribution in [3.05, 3.63) is 27.8 Å². The molecule has 0 spiro atoms. The molecule has 1 aliphatic rings. The van der Waals surface area contributed by atoms with Gasteiger partial charge in [0.1, 0.15) is 0 Å². The molecular formula is C12H14N4O2S2. The third-order valence-corrected chi connectivity index (χ3v) is 4.93. The second kappa shape index (κ2) is 5.94. The number of carbonyl (C=O) groups excluding carboxylic acids is 1. The average molecular weight is 310 g/mol. The standard InChI is InChI=1S/C12H14N4O2S2/c13-5-10-14-15-12(18-10)20-7-11(17)16-3-1-9-8(6-16)2-4-19-9/h2,4H,1,3,5-7,13H2. The quantitative estimate of drug-likeness (QED) is 0.856. The molecule has 1 aliphatic heterocycles. The van der Waals surface area contributed by atoms with Gasteiger partial charge in [-0.15, -0.1) is 21.5 Å². The molecule has 0 saturated carbocycles. The Balaban J connectivity index is 1.55. The number of thioether (sulfide) groups is 1. The molecule has 2 aromatic heterocycles. The van der Waals surface area contributed by atoms with E-state index >= 15 is 0 Å². The Morgan fingerprint density at radius 1 is 1.55 bits per heavy atom. The molecule has 0 bridgehead atoms. The van der Waals surface area contributed by atoms with Gasteiger partial charge in [-0.25, -0.2) is 0 Å². The van der Waals surface area contributed by atoms with Gasteiger partial charge in [-0.3, -0.25) is 4.79 Å². The number of carbonyl (C=O) groups is 1. The molecule has 0 atom stereocenters. The number of nitrogens with two attached hydrogens (primary N) is 1. The van der Waals surface area contributed by atoms with Crippen molar-refractivity contribution in [1.29, 1.82) is 0 Å². The lowest BCUT2D eigenvalue weighted by Gasteiger charge is -2.26. The summed E-state index contributed by atoms with van der Waals surface area (Å²) in [7, 11) is 0. The van der Waals surface area contributed by atoms with Gasteiger partial charge in [0.2, 0.25) is 11.8 Å². The van der Waals surface area contributed by atoms with Crippen molar-refractivity contribution in [3.63, 3.8) is 0 Å². The molecule has 106 valence electrons. The second-order valence-electron chi connectivity index (χ2n) is 4.39. The van der Waals surface area contributed by atoms with Gasteiger partial charge < -0.3 is 15.1 Å². The molecule has 8 heteroatoms. The maximum atomic E-state index is 12.2. The highest BCUT2D eigenvalue weighted by Gasteiger charge is 2.22. The Kier molecular flexibility index (Phi) is 4.04.